The van der Waals surface area contributed by atoms with Crippen LogP contribution in [0.3, 0.4) is 0 Å². The zero-order valence-electron chi connectivity index (χ0n) is 9.05. The van der Waals surface area contributed by atoms with Crippen molar-refractivity contribution in [1.82, 2.24) is 0 Å². The molecule has 0 heterocycles. The van der Waals surface area contributed by atoms with E-state index in [1.54, 1.807) is 7.11 Å². The molecule has 0 amide bonds. The summed E-state index contributed by atoms with van der Waals surface area (Å²) in [5.41, 5.74) is 0.283. The maximum Gasteiger partial charge on any atom is 0.0974 e. The third-order valence-corrected chi connectivity index (χ3v) is 2.19. The zero-order chi connectivity index (χ0) is 10.3. The fourth-order valence-electron chi connectivity index (χ4n) is 0.987. The second-order valence-corrected chi connectivity index (χ2v) is 3.59. The highest BCUT2D eigenvalue weighted by Gasteiger charge is 2.21. The van der Waals surface area contributed by atoms with E-state index in [1.807, 2.05) is 19.9 Å². The minimum absolute atomic E-state index is 0.442. The van der Waals surface area contributed by atoms with E-state index in [-0.39, 0.29) is 0 Å². The van der Waals surface area contributed by atoms with E-state index in [1.165, 1.54) is 0 Å². The molecule has 0 aromatic rings. The van der Waals surface area contributed by atoms with Crippen molar-refractivity contribution in [2.75, 3.05) is 7.11 Å². The third kappa shape index (κ3) is 4.10. The monoisotopic (exact) mass is 181 g/mol. The van der Waals surface area contributed by atoms with Gasteiger partial charge in [0.15, 0.2) is 0 Å². The number of hydrogen-bond donors (Lipinski definition) is 0. The molecule has 0 unspecified atom stereocenters. The van der Waals surface area contributed by atoms with Gasteiger partial charge in [-0.05, 0) is 20.3 Å². The summed E-state index contributed by atoms with van der Waals surface area (Å²) in [7, 11) is 1.63. The lowest BCUT2D eigenvalue weighted by Gasteiger charge is -2.21. The van der Waals surface area contributed by atoms with Gasteiger partial charge in [0.25, 0.3) is 0 Å². The van der Waals surface area contributed by atoms with Crippen LogP contribution >= 0.6 is 0 Å². The van der Waals surface area contributed by atoms with Gasteiger partial charge in [-0.1, -0.05) is 25.8 Å². The number of hydrogen-bond acceptors (Lipinski definition) is 2. The number of nitriles is 1. The number of rotatable bonds is 5. The third-order valence-electron chi connectivity index (χ3n) is 2.19. The number of unbranched alkanes of at least 4 members (excludes halogenated alkanes) is 2. The highest BCUT2D eigenvalue weighted by atomic mass is 16.5. The highest BCUT2D eigenvalue weighted by molar-refractivity contribution is 5.29. The van der Waals surface area contributed by atoms with Gasteiger partial charge >= 0.3 is 0 Å². The molecule has 0 spiro atoms. The van der Waals surface area contributed by atoms with Gasteiger partial charge in [-0.2, -0.15) is 5.26 Å². The van der Waals surface area contributed by atoms with Crippen LogP contribution in [0.5, 0.6) is 0 Å². The summed E-state index contributed by atoms with van der Waals surface area (Å²) in [6, 6.07) is 2.19. The summed E-state index contributed by atoms with van der Waals surface area (Å²) >= 11 is 0. The Balaban J connectivity index is 4.34. The van der Waals surface area contributed by atoms with Crippen molar-refractivity contribution in [2.24, 2.45) is 0 Å². The predicted octanol–water partition coefficient (Wildman–Crippen LogP) is 3.05. The average molecular weight is 181 g/mol. The molecule has 2 heteroatoms. The second-order valence-electron chi connectivity index (χ2n) is 3.59. The minimum atomic E-state index is -0.442. The van der Waals surface area contributed by atoms with E-state index in [4.69, 9.17) is 10.00 Å². The number of ether oxygens (including phenoxy) is 1. The first-order valence-corrected chi connectivity index (χ1v) is 4.74. The Labute approximate surface area is 81.2 Å². The molecule has 2 nitrogen and oxygen atoms in total. The summed E-state index contributed by atoms with van der Waals surface area (Å²) in [6.45, 7) is 5.96. The molecule has 0 aliphatic rings. The number of allylic oxidation sites excluding steroid dienone is 1. The van der Waals surface area contributed by atoms with E-state index >= 15 is 0 Å². The fraction of sp³-hybridized carbons (Fsp3) is 0.727. The molecule has 0 aliphatic carbocycles. The molecule has 0 radical (unpaired) electrons. The average Bonchev–Trinajstić information content (AvgIpc) is 2.12. The first-order valence-electron chi connectivity index (χ1n) is 4.74. The Hall–Kier alpha value is -0.810. The molecule has 74 valence electrons. The van der Waals surface area contributed by atoms with Gasteiger partial charge in [-0.25, -0.2) is 0 Å². The van der Waals surface area contributed by atoms with E-state index in [0.29, 0.717) is 0 Å². The molecule has 0 saturated heterocycles. The summed E-state index contributed by atoms with van der Waals surface area (Å²) in [6.07, 6.45) is 5.23. The van der Waals surface area contributed by atoms with Gasteiger partial charge in [0.2, 0.25) is 0 Å². The highest BCUT2D eigenvalue weighted by Crippen LogP contribution is 2.19. The molecule has 0 aromatic heterocycles. The Morgan fingerprint density at radius 2 is 2.15 bits per heavy atom. The van der Waals surface area contributed by atoms with Crippen LogP contribution in [0.2, 0.25) is 0 Å². The molecule has 0 aliphatic heterocycles. The molecular weight excluding hydrogens is 162 g/mol. The van der Waals surface area contributed by atoms with Gasteiger partial charge in [-0.15, -0.1) is 0 Å². The Morgan fingerprint density at radius 1 is 1.54 bits per heavy atom. The summed E-state index contributed by atoms with van der Waals surface area (Å²) < 4.78 is 5.23. The second kappa shape index (κ2) is 5.77. The normalized spacial score (nSPS) is 12.7. The standard InChI is InChI=1S/C11H19NO/c1-5-6-7-8-10(9-12)11(2,3)13-4/h8H,5-7H2,1-4H3/b10-8+. The largest absolute Gasteiger partial charge is 0.373 e. The van der Waals surface area contributed by atoms with Gasteiger partial charge in [0.1, 0.15) is 0 Å². The van der Waals surface area contributed by atoms with Gasteiger partial charge < -0.3 is 4.74 Å². The van der Waals surface area contributed by atoms with Crippen molar-refractivity contribution in [3.8, 4) is 6.07 Å². The van der Waals surface area contributed by atoms with Crippen molar-refractivity contribution in [3.05, 3.63) is 11.6 Å². The Kier molecular flexibility index (Phi) is 5.41. The SMILES string of the molecule is CCCC/C=C(\C#N)C(C)(C)OC. The van der Waals surface area contributed by atoms with Crippen LogP contribution in [0.15, 0.2) is 11.6 Å². The lowest BCUT2D eigenvalue weighted by atomic mass is 9.97. The fourth-order valence-corrected chi connectivity index (χ4v) is 0.987. The first-order chi connectivity index (χ1) is 6.08. The Bertz CT molecular complexity index is 211. The molecule has 0 bridgehead atoms. The van der Waals surface area contributed by atoms with Crippen molar-refractivity contribution < 1.29 is 4.74 Å². The number of nitrogens with zero attached hydrogens (tertiary/aromatic N) is 1. The van der Waals surface area contributed by atoms with E-state index in [0.717, 1.165) is 24.8 Å². The van der Waals surface area contributed by atoms with Crippen LogP contribution in [0, 0.1) is 11.3 Å². The van der Waals surface area contributed by atoms with Gasteiger partial charge in [-0.3, -0.25) is 0 Å². The molecule has 0 atom stereocenters. The lowest BCUT2D eigenvalue weighted by Crippen LogP contribution is -2.24. The molecule has 13 heavy (non-hydrogen) atoms. The van der Waals surface area contributed by atoms with Crippen molar-refractivity contribution in [1.29, 1.82) is 5.26 Å². The molecule has 0 aromatic carbocycles. The maximum atomic E-state index is 8.89. The molecular formula is C11H19NO. The molecule has 0 rings (SSSR count). The molecule has 0 fully saturated rings. The topological polar surface area (TPSA) is 33.0 Å². The number of methoxy groups -OCH3 is 1. The zero-order valence-corrected chi connectivity index (χ0v) is 9.05. The predicted molar refractivity (Wildman–Crippen MR) is 54.3 cm³/mol. The van der Waals surface area contributed by atoms with Crippen molar-refractivity contribution in [2.45, 2.75) is 45.6 Å². The smallest absolute Gasteiger partial charge is 0.0974 e. The lowest BCUT2D eigenvalue weighted by molar-refractivity contribution is 0.0586. The molecule has 0 N–H and O–H groups in total. The van der Waals surface area contributed by atoms with E-state index < -0.39 is 5.60 Å². The summed E-state index contributed by atoms with van der Waals surface area (Å²) in [5.74, 6) is 0. The van der Waals surface area contributed by atoms with Crippen LogP contribution in [0.1, 0.15) is 40.0 Å². The first kappa shape index (κ1) is 12.2. The summed E-state index contributed by atoms with van der Waals surface area (Å²) in [5, 5.41) is 8.89. The van der Waals surface area contributed by atoms with Crippen LogP contribution in [-0.4, -0.2) is 12.7 Å². The minimum Gasteiger partial charge on any atom is -0.373 e. The van der Waals surface area contributed by atoms with Crippen LogP contribution in [0.25, 0.3) is 0 Å². The summed E-state index contributed by atoms with van der Waals surface area (Å²) in [4.78, 5) is 0. The quantitative estimate of drug-likeness (QED) is 0.482. The van der Waals surface area contributed by atoms with Crippen molar-refractivity contribution >= 4 is 0 Å². The van der Waals surface area contributed by atoms with Crippen molar-refractivity contribution in [3.63, 3.8) is 0 Å². The molecule has 0 saturated carbocycles. The van der Waals surface area contributed by atoms with Crippen LogP contribution < -0.4 is 0 Å². The van der Waals surface area contributed by atoms with Crippen LogP contribution in [-0.2, 0) is 4.74 Å². The van der Waals surface area contributed by atoms with E-state index in [9.17, 15) is 0 Å². The van der Waals surface area contributed by atoms with Gasteiger partial charge in [0.05, 0.1) is 17.2 Å². The van der Waals surface area contributed by atoms with Gasteiger partial charge in [0, 0.05) is 7.11 Å². The van der Waals surface area contributed by atoms with E-state index in [2.05, 4.69) is 13.0 Å². The van der Waals surface area contributed by atoms with Crippen LogP contribution in [0.4, 0.5) is 0 Å². The Morgan fingerprint density at radius 3 is 2.54 bits per heavy atom. The maximum absolute atomic E-state index is 8.89.